The summed E-state index contributed by atoms with van der Waals surface area (Å²) in [5.41, 5.74) is 2.05. The summed E-state index contributed by atoms with van der Waals surface area (Å²) < 4.78 is 0. The topological polar surface area (TPSA) is 55.9 Å². The number of benzene rings is 2. The normalized spacial score (nSPS) is 19.2. The van der Waals surface area contributed by atoms with E-state index >= 15 is 0 Å². The van der Waals surface area contributed by atoms with Crippen molar-refractivity contribution in [2.45, 2.75) is 25.7 Å². The van der Waals surface area contributed by atoms with Crippen molar-refractivity contribution in [2.24, 2.45) is 5.92 Å². The predicted octanol–water partition coefficient (Wildman–Crippen LogP) is 4.06. The van der Waals surface area contributed by atoms with Crippen LogP contribution >= 0.6 is 0 Å². The fraction of sp³-hybridized carbons (Fsp3) is 0.440. The van der Waals surface area contributed by atoms with Gasteiger partial charge in [-0.1, -0.05) is 36.4 Å². The number of piperidine rings is 1. The van der Waals surface area contributed by atoms with Crippen molar-refractivity contribution in [3.8, 4) is 0 Å². The van der Waals surface area contributed by atoms with Crippen LogP contribution in [0.2, 0.25) is 0 Å². The molecule has 2 saturated heterocycles. The van der Waals surface area contributed by atoms with Crippen molar-refractivity contribution in [1.82, 2.24) is 9.80 Å². The fourth-order valence-corrected chi connectivity index (χ4v) is 4.55. The van der Waals surface area contributed by atoms with E-state index in [4.69, 9.17) is 0 Å². The Bertz CT molecular complexity index is 850. The number of nitrogens with one attached hydrogen (secondary N) is 1. The molecule has 2 aliphatic rings. The Morgan fingerprint density at radius 2 is 1.52 bits per heavy atom. The number of para-hydroxylation sites is 2. The van der Waals surface area contributed by atoms with Crippen LogP contribution in [0.15, 0.2) is 60.7 Å². The molecule has 2 aliphatic heterocycles. The van der Waals surface area contributed by atoms with Crippen molar-refractivity contribution in [1.29, 1.82) is 0 Å². The highest BCUT2D eigenvalue weighted by molar-refractivity contribution is 5.89. The molecule has 0 aromatic heterocycles. The Labute approximate surface area is 184 Å². The monoisotopic (exact) mass is 420 g/mol. The number of carbonyl (C=O) groups excluding carboxylic acids is 2. The van der Waals surface area contributed by atoms with E-state index in [0.29, 0.717) is 12.3 Å². The van der Waals surface area contributed by atoms with Gasteiger partial charge in [0, 0.05) is 57.1 Å². The zero-order valence-electron chi connectivity index (χ0n) is 18.1. The van der Waals surface area contributed by atoms with E-state index in [1.165, 1.54) is 5.69 Å². The lowest BCUT2D eigenvalue weighted by molar-refractivity contribution is -0.131. The number of rotatable bonds is 5. The van der Waals surface area contributed by atoms with Gasteiger partial charge in [-0.3, -0.25) is 4.79 Å². The van der Waals surface area contributed by atoms with Gasteiger partial charge in [-0.05, 0) is 49.4 Å². The quantitative estimate of drug-likeness (QED) is 0.794. The average Bonchev–Trinajstić information content (AvgIpc) is 2.84. The first-order valence-corrected chi connectivity index (χ1v) is 11.4. The maximum atomic E-state index is 12.8. The van der Waals surface area contributed by atoms with Crippen molar-refractivity contribution >= 4 is 23.3 Å². The largest absolute Gasteiger partial charge is 0.368 e. The lowest BCUT2D eigenvalue weighted by Crippen LogP contribution is -2.49. The summed E-state index contributed by atoms with van der Waals surface area (Å²) in [7, 11) is 0. The summed E-state index contributed by atoms with van der Waals surface area (Å²) in [5.74, 6) is 0.642. The Kier molecular flexibility index (Phi) is 7.07. The molecule has 0 saturated carbocycles. The molecule has 2 aromatic rings. The number of anilines is 2. The van der Waals surface area contributed by atoms with E-state index in [2.05, 4.69) is 34.5 Å². The molecular weight excluding hydrogens is 388 g/mol. The van der Waals surface area contributed by atoms with Gasteiger partial charge in [0.25, 0.3) is 0 Å². The van der Waals surface area contributed by atoms with Crippen LogP contribution in [0, 0.1) is 5.92 Å². The van der Waals surface area contributed by atoms with Gasteiger partial charge in [-0.15, -0.1) is 0 Å². The molecular formula is C25H32N4O2. The minimum Gasteiger partial charge on any atom is -0.368 e. The maximum absolute atomic E-state index is 12.8. The summed E-state index contributed by atoms with van der Waals surface area (Å²) in [6.45, 7) is 4.84. The van der Waals surface area contributed by atoms with E-state index < -0.39 is 0 Å². The summed E-state index contributed by atoms with van der Waals surface area (Å²) >= 11 is 0. The van der Waals surface area contributed by atoms with Crippen LogP contribution in [0.1, 0.15) is 25.7 Å². The number of nitrogens with zero attached hydrogens (tertiary/aromatic N) is 3. The van der Waals surface area contributed by atoms with E-state index in [-0.39, 0.29) is 11.9 Å². The molecule has 164 valence electrons. The highest BCUT2D eigenvalue weighted by Gasteiger charge is 2.26. The first-order chi connectivity index (χ1) is 15.2. The van der Waals surface area contributed by atoms with Gasteiger partial charge < -0.3 is 20.0 Å². The number of amides is 3. The average molecular weight is 421 g/mol. The molecule has 4 rings (SSSR count). The molecule has 6 nitrogen and oxygen atoms in total. The standard InChI is InChI=1S/C25H32N4O2/c30-24(28-18-16-27(17-19-28)23-11-5-2-6-12-23)14-13-21-8-7-15-29(20-21)25(31)26-22-9-3-1-4-10-22/h1-6,9-12,21H,7-8,13-20H2,(H,26,31). The summed E-state index contributed by atoms with van der Waals surface area (Å²) in [4.78, 5) is 31.6. The van der Waals surface area contributed by atoms with E-state index in [1.54, 1.807) is 0 Å². The fourth-order valence-electron chi connectivity index (χ4n) is 4.55. The smallest absolute Gasteiger partial charge is 0.321 e. The molecule has 0 spiro atoms. The van der Waals surface area contributed by atoms with E-state index in [1.807, 2.05) is 46.2 Å². The van der Waals surface area contributed by atoms with Crippen LogP contribution in [0.5, 0.6) is 0 Å². The molecule has 6 heteroatoms. The lowest BCUT2D eigenvalue weighted by atomic mass is 9.93. The van der Waals surface area contributed by atoms with Crippen LogP contribution in [0.25, 0.3) is 0 Å². The second kappa shape index (κ2) is 10.3. The minimum atomic E-state index is -0.0424. The van der Waals surface area contributed by atoms with Gasteiger partial charge in [0.15, 0.2) is 0 Å². The van der Waals surface area contributed by atoms with Crippen LogP contribution in [-0.2, 0) is 4.79 Å². The Balaban J connectivity index is 1.20. The van der Waals surface area contributed by atoms with Gasteiger partial charge in [0.2, 0.25) is 5.91 Å². The summed E-state index contributed by atoms with van der Waals surface area (Å²) in [5, 5.41) is 2.97. The Hall–Kier alpha value is -3.02. The maximum Gasteiger partial charge on any atom is 0.321 e. The lowest BCUT2D eigenvalue weighted by Gasteiger charge is -2.37. The zero-order valence-corrected chi connectivity index (χ0v) is 18.1. The first kappa shape index (κ1) is 21.2. The number of carbonyl (C=O) groups is 2. The summed E-state index contributed by atoms with van der Waals surface area (Å²) in [6.07, 6.45) is 3.51. The molecule has 0 bridgehead atoms. The molecule has 3 amide bonds. The molecule has 0 aliphatic carbocycles. The van der Waals surface area contributed by atoms with E-state index in [9.17, 15) is 9.59 Å². The molecule has 2 fully saturated rings. The van der Waals surface area contributed by atoms with Crippen molar-refractivity contribution < 1.29 is 9.59 Å². The number of hydrogen-bond acceptors (Lipinski definition) is 3. The highest BCUT2D eigenvalue weighted by Crippen LogP contribution is 2.23. The second-order valence-corrected chi connectivity index (χ2v) is 8.49. The van der Waals surface area contributed by atoms with Crippen molar-refractivity contribution in [3.05, 3.63) is 60.7 Å². The SMILES string of the molecule is O=C(CCC1CCCN(C(=O)Nc2ccccc2)C1)N1CCN(c2ccccc2)CC1. The third-order valence-electron chi connectivity index (χ3n) is 6.35. The predicted molar refractivity (Wildman–Crippen MR) is 124 cm³/mol. The van der Waals surface area contributed by atoms with Crippen LogP contribution in [-0.4, -0.2) is 61.0 Å². The van der Waals surface area contributed by atoms with Gasteiger partial charge in [-0.25, -0.2) is 4.79 Å². The van der Waals surface area contributed by atoms with Crippen LogP contribution in [0.4, 0.5) is 16.2 Å². The van der Waals surface area contributed by atoms with Gasteiger partial charge in [0.1, 0.15) is 0 Å². The Morgan fingerprint density at radius 3 is 2.23 bits per heavy atom. The van der Waals surface area contributed by atoms with Crippen LogP contribution < -0.4 is 10.2 Å². The molecule has 2 aromatic carbocycles. The number of hydrogen-bond donors (Lipinski definition) is 1. The van der Waals surface area contributed by atoms with Gasteiger partial charge >= 0.3 is 6.03 Å². The third-order valence-corrected chi connectivity index (χ3v) is 6.35. The van der Waals surface area contributed by atoms with Gasteiger partial charge in [-0.2, -0.15) is 0 Å². The highest BCUT2D eigenvalue weighted by atomic mass is 16.2. The van der Waals surface area contributed by atoms with E-state index in [0.717, 1.165) is 64.2 Å². The van der Waals surface area contributed by atoms with Crippen molar-refractivity contribution in [3.63, 3.8) is 0 Å². The minimum absolute atomic E-state index is 0.0424. The number of piperazine rings is 1. The van der Waals surface area contributed by atoms with Crippen LogP contribution in [0.3, 0.4) is 0 Å². The van der Waals surface area contributed by atoms with Gasteiger partial charge in [0.05, 0.1) is 0 Å². The zero-order chi connectivity index (χ0) is 21.5. The molecule has 1 unspecified atom stereocenters. The molecule has 31 heavy (non-hydrogen) atoms. The summed E-state index contributed by atoms with van der Waals surface area (Å²) in [6, 6.07) is 19.9. The second-order valence-electron chi connectivity index (χ2n) is 8.49. The molecule has 1 atom stereocenters. The number of urea groups is 1. The first-order valence-electron chi connectivity index (χ1n) is 11.4. The third kappa shape index (κ3) is 5.78. The molecule has 1 N–H and O–H groups in total. The van der Waals surface area contributed by atoms with Crippen molar-refractivity contribution in [2.75, 3.05) is 49.5 Å². The molecule has 0 radical (unpaired) electrons. The molecule has 2 heterocycles. The Morgan fingerprint density at radius 1 is 0.839 bits per heavy atom. The number of likely N-dealkylation sites (tertiary alicyclic amines) is 1.